The SMILES string of the molecule is COc1cccc(C(=O)NC(=S)N2CCN(c3ccc([N+](=O)[O-])c(N4CCCCC4)c3)CC2)c1. The van der Waals surface area contributed by atoms with Crippen molar-refractivity contribution in [3.8, 4) is 5.75 Å². The smallest absolute Gasteiger partial charge is 0.292 e. The van der Waals surface area contributed by atoms with E-state index in [1.807, 2.05) is 17.0 Å². The molecule has 4 rings (SSSR count). The standard InChI is InChI=1S/C24H29N5O4S/c1-33-20-7-5-6-18(16-20)23(30)25-24(34)28-14-12-26(13-15-28)19-8-9-21(29(31)32)22(17-19)27-10-3-2-4-11-27/h5-9,16-17H,2-4,10-15H2,1H3,(H,25,30,34). The summed E-state index contributed by atoms with van der Waals surface area (Å²) in [6.45, 7) is 4.39. The Labute approximate surface area is 204 Å². The molecule has 0 radical (unpaired) electrons. The van der Waals surface area contributed by atoms with Gasteiger partial charge >= 0.3 is 0 Å². The summed E-state index contributed by atoms with van der Waals surface area (Å²) in [6.07, 6.45) is 3.28. The Balaban J connectivity index is 1.38. The summed E-state index contributed by atoms with van der Waals surface area (Å²) in [4.78, 5) is 30.2. The van der Waals surface area contributed by atoms with Crippen molar-refractivity contribution in [2.75, 3.05) is 56.2 Å². The number of nitrogens with one attached hydrogen (secondary N) is 1. The van der Waals surface area contributed by atoms with Crippen LogP contribution in [0, 0.1) is 10.1 Å². The molecule has 1 amide bonds. The van der Waals surface area contributed by atoms with Crippen LogP contribution in [0.1, 0.15) is 29.6 Å². The number of carbonyl (C=O) groups excluding carboxylic acids is 1. The van der Waals surface area contributed by atoms with Crippen LogP contribution in [0.5, 0.6) is 5.75 Å². The van der Waals surface area contributed by atoms with Gasteiger partial charge in [-0.15, -0.1) is 0 Å². The molecule has 0 unspecified atom stereocenters. The number of methoxy groups -OCH3 is 1. The van der Waals surface area contributed by atoms with Gasteiger partial charge in [0.25, 0.3) is 11.6 Å². The number of hydrogen-bond donors (Lipinski definition) is 1. The van der Waals surface area contributed by atoms with Gasteiger partial charge < -0.3 is 19.4 Å². The van der Waals surface area contributed by atoms with Crippen molar-refractivity contribution in [2.45, 2.75) is 19.3 Å². The van der Waals surface area contributed by atoms with E-state index in [4.69, 9.17) is 17.0 Å². The first-order valence-electron chi connectivity index (χ1n) is 11.5. The van der Waals surface area contributed by atoms with E-state index in [9.17, 15) is 14.9 Å². The maximum Gasteiger partial charge on any atom is 0.292 e. The Morgan fingerprint density at radius 2 is 1.74 bits per heavy atom. The van der Waals surface area contributed by atoms with Gasteiger partial charge in [-0.1, -0.05) is 6.07 Å². The molecule has 0 saturated carbocycles. The first-order chi connectivity index (χ1) is 16.5. The molecule has 2 saturated heterocycles. The highest BCUT2D eigenvalue weighted by Crippen LogP contribution is 2.34. The highest BCUT2D eigenvalue weighted by atomic mass is 32.1. The lowest BCUT2D eigenvalue weighted by Gasteiger charge is -2.37. The number of amides is 1. The molecular weight excluding hydrogens is 454 g/mol. The zero-order chi connectivity index (χ0) is 24.1. The van der Waals surface area contributed by atoms with E-state index in [1.54, 1.807) is 37.4 Å². The maximum atomic E-state index is 12.6. The largest absolute Gasteiger partial charge is 0.497 e. The summed E-state index contributed by atoms with van der Waals surface area (Å²) >= 11 is 5.48. The zero-order valence-electron chi connectivity index (χ0n) is 19.2. The molecule has 2 aliphatic rings. The van der Waals surface area contributed by atoms with Crippen LogP contribution in [0.4, 0.5) is 17.1 Å². The number of nitro benzene ring substituents is 1. The molecule has 0 atom stereocenters. The fourth-order valence-corrected chi connectivity index (χ4v) is 4.71. The molecular formula is C24H29N5O4S. The van der Waals surface area contributed by atoms with Crippen LogP contribution in [0.3, 0.4) is 0 Å². The lowest BCUT2D eigenvalue weighted by molar-refractivity contribution is -0.384. The van der Waals surface area contributed by atoms with Gasteiger partial charge in [-0.25, -0.2) is 0 Å². The van der Waals surface area contributed by atoms with E-state index >= 15 is 0 Å². The number of ether oxygens (including phenoxy) is 1. The van der Waals surface area contributed by atoms with Crippen LogP contribution in [0.25, 0.3) is 0 Å². The van der Waals surface area contributed by atoms with E-state index in [-0.39, 0.29) is 16.5 Å². The molecule has 2 fully saturated rings. The number of nitrogens with zero attached hydrogens (tertiary/aromatic N) is 4. The molecule has 0 bridgehead atoms. The third-order valence-corrected chi connectivity index (χ3v) is 6.70. The van der Waals surface area contributed by atoms with Crippen LogP contribution in [-0.2, 0) is 0 Å². The van der Waals surface area contributed by atoms with E-state index in [1.165, 1.54) is 6.42 Å². The number of nitro groups is 1. The van der Waals surface area contributed by atoms with Gasteiger partial charge in [0.15, 0.2) is 5.11 Å². The molecule has 2 heterocycles. The number of carbonyl (C=O) groups is 1. The van der Waals surface area contributed by atoms with Crippen LogP contribution < -0.4 is 19.9 Å². The van der Waals surface area contributed by atoms with Crippen molar-refractivity contribution in [3.05, 3.63) is 58.1 Å². The topological polar surface area (TPSA) is 91.2 Å². The van der Waals surface area contributed by atoms with Gasteiger partial charge in [0.2, 0.25) is 0 Å². The van der Waals surface area contributed by atoms with Gasteiger partial charge in [-0.05, 0) is 61.8 Å². The van der Waals surface area contributed by atoms with Gasteiger partial charge in [-0.2, -0.15) is 0 Å². The van der Waals surface area contributed by atoms with Gasteiger partial charge in [0.05, 0.1) is 12.0 Å². The number of piperazine rings is 1. The minimum Gasteiger partial charge on any atom is -0.497 e. The molecule has 180 valence electrons. The number of rotatable bonds is 5. The molecule has 0 aliphatic carbocycles. The van der Waals surface area contributed by atoms with Gasteiger partial charge in [0, 0.05) is 56.6 Å². The first kappa shape index (κ1) is 23.7. The second kappa shape index (κ2) is 10.7. The van der Waals surface area contributed by atoms with E-state index < -0.39 is 0 Å². The molecule has 2 aliphatic heterocycles. The van der Waals surface area contributed by atoms with Crippen molar-refractivity contribution >= 4 is 40.3 Å². The van der Waals surface area contributed by atoms with Crippen molar-refractivity contribution in [3.63, 3.8) is 0 Å². The minimum atomic E-state index is -0.297. The third-order valence-electron chi connectivity index (χ3n) is 6.34. The van der Waals surface area contributed by atoms with Crippen molar-refractivity contribution in [1.82, 2.24) is 10.2 Å². The van der Waals surface area contributed by atoms with E-state index in [0.29, 0.717) is 48.3 Å². The molecule has 0 spiro atoms. The lowest BCUT2D eigenvalue weighted by Crippen LogP contribution is -2.52. The van der Waals surface area contributed by atoms with Gasteiger partial charge in [0.1, 0.15) is 11.4 Å². The minimum absolute atomic E-state index is 0.158. The predicted molar refractivity (Wildman–Crippen MR) is 136 cm³/mol. The molecule has 0 aromatic heterocycles. The van der Waals surface area contributed by atoms with E-state index in [2.05, 4.69) is 15.1 Å². The number of hydrogen-bond acceptors (Lipinski definition) is 7. The average molecular weight is 484 g/mol. The summed E-state index contributed by atoms with van der Waals surface area (Å²) in [5.74, 6) is 0.340. The summed E-state index contributed by atoms with van der Waals surface area (Å²) < 4.78 is 5.18. The maximum absolute atomic E-state index is 12.6. The third kappa shape index (κ3) is 5.39. The Morgan fingerprint density at radius 3 is 2.41 bits per heavy atom. The highest BCUT2D eigenvalue weighted by Gasteiger charge is 2.25. The summed E-state index contributed by atoms with van der Waals surface area (Å²) in [5, 5.41) is 14.8. The Morgan fingerprint density at radius 1 is 1.00 bits per heavy atom. The molecule has 9 nitrogen and oxygen atoms in total. The second-order valence-corrected chi connectivity index (χ2v) is 8.83. The fraction of sp³-hybridized carbons (Fsp3) is 0.417. The van der Waals surface area contributed by atoms with Crippen LogP contribution >= 0.6 is 12.2 Å². The number of anilines is 2. The molecule has 34 heavy (non-hydrogen) atoms. The normalized spacial score (nSPS) is 16.2. The molecule has 1 N–H and O–H groups in total. The number of thiocarbonyl (C=S) groups is 1. The number of benzene rings is 2. The fourth-order valence-electron chi connectivity index (χ4n) is 4.43. The average Bonchev–Trinajstić information content (AvgIpc) is 2.88. The van der Waals surface area contributed by atoms with Gasteiger partial charge in [-0.3, -0.25) is 20.2 Å². The highest BCUT2D eigenvalue weighted by molar-refractivity contribution is 7.80. The zero-order valence-corrected chi connectivity index (χ0v) is 20.1. The molecule has 2 aromatic carbocycles. The van der Waals surface area contributed by atoms with E-state index in [0.717, 1.165) is 31.6 Å². The van der Waals surface area contributed by atoms with Crippen LogP contribution in [-0.4, -0.2) is 67.2 Å². The van der Waals surface area contributed by atoms with Crippen LogP contribution in [0.2, 0.25) is 0 Å². The second-order valence-electron chi connectivity index (χ2n) is 8.44. The summed E-state index contributed by atoms with van der Waals surface area (Å²) in [6, 6.07) is 12.3. The monoisotopic (exact) mass is 483 g/mol. The lowest BCUT2D eigenvalue weighted by atomic mass is 10.1. The molecule has 10 heteroatoms. The summed E-state index contributed by atoms with van der Waals surface area (Å²) in [5.41, 5.74) is 2.31. The summed E-state index contributed by atoms with van der Waals surface area (Å²) in [7, 11) is 1.56. The predicted octanol–water partition coefficient (Wildman–Crippen LogP) is 3.43. The van der Waals surface area contributed by atoms with Crippen molar-refractivity contribution in [1.29, 1.82) is 0 Å². The van der Waals surface area contributed by atoms with Crippen LogP contribution in [0.15, 0.2) is 42.5 Å². The van der Waals surface area contributed by atoms with Crippen molar-refractivity contribution < 1.29 is 14.5 Å². The van der Waals surface area contributed by atoms with Crippen molar-refractivity contribution in [2.24, 2.45) is 0 Å². The Kier molecular flexibility index (Phi) is 7.46. The number of piperidine rings is 1. The first-order valence-corrected chi connectivity index (χ1v) is 11.9. The Hall–Kier alpha value is -3.40. The quantitative estimate of drug-likeness (QED) is 0.393. The Bertz CT molecular complexity index is 1070. The molecule has 2 aromatic rings.